The zero-order valence-corrected chi connectivity index (χ0v) is 12.7. The van der Waals surface area contributed by atoms with Crippen molar-refractivity contribution in [2.45, 2.75) is 18.8 Å². The van der Waals surface area contributed by atoms with Gasteiger partial charge in [0.2, 0.25) is 0 Å². The van der Waals surface area contributed by atoms with Gasteiger partial charge in [0.15, 0.2) is 6.10 Å². The monoisotopic (exact) mass is 306 g/mol. The molecule has 0 saturated carbocycles. The number of nitrogens with zero attached hydrogens (tertiary/aromatic N) is 2. The van der Waals surface area contributed by atoms with Crippen molar-refractivity contribution in [2.75, 3.05) is 12.3 Å². The molecule has 1 heterocycles. The van der Waals surface area contributed by atoms with Crippen LogP contribution in [0.1, 0.15) is 22.8 Å². The van der Waals surface area contributed by atoms with E-state index in [-0.39, 0.29) is 0 Å². The Morgan fingerprint density at radius 3 is 3.10 bits per heavy atom. The molecule has 1 aromatic carbocycles. The van der Waals surface area contributed by atoms with Crippen LogP contribution in [0.2, 0.25) is 0 Å². The summed E-state index contributed by atoms with van der Waals surface area (Å²) in [6.07, 6.45) is -0.738. The number of carbonyl (C=O) groups is 1. The minimum atomic E-state index is -0.738. The Morgan fingerprint density at radius 1 is 1.60 bits per heavy atom. The molecule has 0 bridgehead atoms. The highest BCUT2D eigenvalue weighted by molar-refractivity contribution is 8.38. The van der Waals surface area contributed by atoms with E-state index in [2.05, 4.69) is 4.99 Å². The molecule has 20 heavy (non-hydrogen) atoms. The third-order valence-corrected chi connectivity index (χ3v) is 4.91. The molecule has 1 aliphatic heterocycles. The second-order valence-electron chi connectivity index (χ2n) is 4.12. The molecule has 0 aliphatic carbocycles. The largest absolute Gasteiger partial charge is 0.444 e. The van der Waals surface area contributed by atoms with Crippen LogP contribution in [0, 0.1) is 11.3 Å². The first kappa shape index (κ1) is 14.9. The van der Waals surface area contributed by atoms with Gasteiger partial charge in [0, 0.05) is 11.5 Å². The SMILES string of the molecule is C[C@H](C#N)OC(=O)c1ccccc1CSC1=NCCS1. The summed E-state index contributed by atoms with van der Waals surface area (Å²) in [6.45, 7) is 2.43. The molecule has 0 N–H and O–H groups in total. The highest BCUT2D eigenvalue weighted by Gasteiger charge is 2.16. The van der Waals surface area contributed by atoms with Crippen LogP contribution in [-0.4, -0.2) is 28.7 Å². The van der Waals surface area contributed by atoms with Crippen LogP contribution in [0.3, 0.4) is 0 Å². The molecule has 4 nitrogen and oxygen atoms in total. The number of hydrogen-bond acceptors (Lipinski definition) is 6. The van der Waals surface area contributed by atoms with Gasteiger partial charge >= 0.3 is 5.97 Å². The number of ether oxygens (including phenoxy) is 1. The van der Waals surface area contributed by atoms with Gasteiger partial charge in [-0.05, 0) is 18.6 Å². The number of hydrogen-bond donors (Lipinski definition) is 0. The second-order valence-corrected chi connectivity index (χ2v) is 6.42. The lowest BCUT2D eigenvalue weighted by molar-refractivity contribution is 0.0434. The third-order valence-electron chi connectivity index (χ3n) is 2.61. The van der Waals surface area contributed by atoms with Crippen molar-refractivity contribution in [2.24, 2.45) is 4.99 Å². The van der Waals surface area contributed by atoms with E-state index in [1.54, 1.807) is 42.6 Å². The van der Waals surface area contributed by atoms with E-state index in [9.17, 15) is 4.79 Å². The maximum Gasteiger partial charge on any atom is 0.339 e. The lowest BCUT2D eigenvalue weighted by Crippen LogP contribution is -2.14. The zero-order chi connectivity index (χ0) is 14.4. The fraction of sp³-hybridized carbons (Fsp3) is 0.357. The fourth-order valence-corrected chi connectivity index (χ4v) is 3.65. The highest BCUT2D eigenvalue weighted by atomic mass is 32.2. The molecular formula is C14H14N2O2S2. The summed E-state index contributed by atoms with van der Waals surface area (Å²) in [5.74, 6) is 1.26. The Balaban J connectivity index is 2.05. The Morgan fingerprint density at radius 2 is 2.40 bits per heavy atom. The van der Waals surface area contributed by atoms with Crippen LogP contribution < -0.4 is 0 Å². The van der Waals surface area contributed by atoms with Crippen molar-refractivity contribution in [3.05, 3.63) is 35.4 Å². The molecule has 0 saturated heterocycles. The molecule has 0 aromatic heterocycles. The number of aliphatic imine (C=N–C) groups is 1. The summed E-state index contributed by atoms with van der Waals surface area (Å²) >= 11 is 3.38. The van der Waals surface area contributed by atoms with Crippen molar-refractivity contribution in [1.82, 2.24) is 0 Å². The lowest BCUT2D eigenvalue weighted by atomic mass is 10.1. The Kier molecular flexibility index (Phi) is 5.50. The molecule has 0 amide bonds. The Hall–Kier alpha value is -1.45. The van der Waals surface area contributed by atoms with Gasteiger partial charge in [-0.15, -0.1) is 0 Å². The second kappa shape index (κ2) is 7.36. The summed E-state index contributed by atoms with van der Waals surface area (Å²) in [5, 5.41) is 8.70. The lowest BCUT2D eigenvalue weighted by Gasteiger charge is -2.10. The molecular weight excluding hydrogens is 292 g/mol. The van der Waals surface area contributed by atoms with Gasteiger partial charge in [-0.1, -0.05) is 41.7 Å². The minimum Gasteiger partial charge on any atom is -0.444 e. The highest BCUT2D eigenvalue weighted by Crippen LogP contribution is 2.26. The Labute approximate surface area is 126 Å². The van der Waals surface area contributed by atoms with Gasteiger partial charge < -0.3 is 4.74 Å². The van der Waals surface area contributed by atoms with Crippen LogP contribution in [-0.2, 0) is 10.5 Å². The summed E-state index contributed by atoms with van der Waals surface area (Å²) in [7, 11) is 0. The number of thioether (sulfide) groups is 2. The Bertz CT molecular complexity index is 567. The minimum absolute atomic E-state index is 0.448. The summed E-state index contributed by atoms with van der Waals surface area (Å²) in [5.41, 5.74) is 1.42. The van der Waals surface area contributed by atoms with Crippen molar-refractivity contribution in [1.29, 1.82) is 5.26 Å². The van der Waals surface area contributed by atoms with E-state index in [1.807, 2.05) is 18.2 Å². The van der Waals surface area contributed by atoms with Gasteiger partial charge in [-0.2, -0.15) is 5.26 Å². The van der Waals surface area contributed by atoms with Crippen LogP contribution in [0.25, 0.3) is 0 Å². The van der Waals surface area contributed by atoms with Crippen molar-refractivity contribution < 1.29 is 9.53 Å². The zero-order valence-electron chi connectivity index (χ0n) is 11.0. The maximum absolute atomic E-state index is 12.0. The molecule has 0 spiro atoms. The van der Waals surface area contributed by atoms with Gasteiger partial charge in [0.1, 0.15) is 10.4 Å². The average molecular weight is 306 g/mol. The third kappa shape index (κ3) is 4.02. The van der Waals surface area contributed by atoms with E-state index < -0.39 is 12.1 Å². The van der Waals surface area contributed by atoms with Crippen LogP contribution in [0.15, 0.2) is 29.3 Å². The topological polar surface area (TPSA) is 62.4 Å². The normalized spacial score (nSPS) is 15.3. The molecule has 0 unspecified atom stereocenters. The summed E-state index contributed by atoms with van der Waals surface area (Å²) in [6, 6.07) is 9.21. The summed E-state index contributed by atoms with van der Waals surface area (Å²) < 4.78 is 6.12. The first-order valence-corrected chi connectivity index (χ1v) is 8.16. The number of rotatable bonds is 4. The van der Waals surface area contributed by atoms with E-state index in [0.29, 0.717) is 11.3 Å². The average Bonchev–Trinajstić information content (AvgIpc) is 2.98. The standard InChI is InChI=1S/C14H14N2O2S2/c1-10(8-15)18-13(17)12-5-3-2-4-11(12)9-20-14-16-6-7-19-14/h2-5,10H,6-7,9H2,1H3/t10-/m1/s1. The first-order valence-electron chi connectivity index (χ1n) is 6.19. The van der Waals surface area contributed by atoms with Gasteiger partial charge in [-0.3, -0.25) is 4.99 Å². The smallest absolute Gasteiger partial charge is 0.339 e. The van der Waals surface area contributed by atoms with Crippen LogP contribution >= 0.6 is 23.5 Å². The molecule has 1 aliphatic rings. The quantitative estimate of drug-likeness (QED) is 0.800. The number of nitriles is 1. The van der Waals surface area contributed by atoms with E-state index >= 15 is 0 Å². The van der Waals surface area contributed by atoms with Crippen molar-refractivity contribution in [3.63, 3.8) is 0 Å². The van der Waals surface area contributed by atoms with Crippen LogP contribution in [0.5, 0.6) is 0 Å². The predicted octanol–water partition coefficient (Wildman–Crippen LogP) is 3.09. The van der Waals surface area contributed by atoms with E-state index in [0.717, 1.165) is 22.2 Å². The van der Waals surface area contributed by atoms with Gasteiger partial charge in [-0.25, -0.2) is 4.79 Å². The molecule has 1 atom stereocenters. The van der Waals surface area contributed by atoms with Crippen molar-refractivity contribution >= 4 is 33.9 Å². The number of esters is 1. The van der Waals surface area contributed by atoms with Crippen molar-refractivity contribution in [3.8, 4) is 6.07 Å². The number of carbonyl (C=O) groups excluding carboxylic acids is 1. The molecule has 6 heteroatoms. The number of benzene rings is 1. The maximum atomic E-state index is 12.0. The molecule has 0 fully saturated rings. The molecule has 2 rings (SSSR count). The van der Waals surface area contributed by atoms with Gasteiger partial charge in [0.05, 0.1) is 12.1 Å². The first-order chi connectivity index (χ1) is 9.70. The molecule has 0 radical (unpaired) electrons. The summed E-state index contributed by atoms with van der Waals surface area (Å²) in [4.78, 5) is 16.4. The van der Waals surface area contributed by atoms with Crippen LogP contribution in [0.4, 0.5) is 0 Å². The predicted molar refractivity (Wildman–Crippen MR) is 83.0 cm³/mol. The van der Waals surface area contributed by atoms with Gasteiger partial charge in [0.25, 0.3) is 0 Å². The fourth-order valence-electron chi connectivity index (χ4n) is 1.64. The van der Waals surface area contributed by atoms with E-state index in [1.165, 1.54) is 0 Å². The molecule has 1 aromatic rings. The molecule has 104 valence electrons. The van der Waals surface area contributed by atoms with E-state index in [4.69, 9.17) is 10.00 Å².